The lowest BCUT2D eigenvalue weighted by molar-refractivity contribution is 0.0525. The molecule has 0 heterocycles. The van der Waals surface area contributed by atoms with E-state index in [0.717, 1.165) is 0 Å². The molecule has 0 bridgehead atoms. The van der Waals surface area contributed by atoms with Gasteiger partial charge in [0.25, 0.3) is 0 Å². The highest BCUT2D eigenvalue weighted by atomic mass is 31.0. The molecule has 0 spiro atoms. The van der Waals surface area contributed by atoms with E-state index in [9.17, 15) is 0 Å². The van der Waals surface area contributed by atoms with Gasteiger partial charge in [-0.15, -0.1) is 0 Å². The Morgan fingerprint density at radius 3 is 2.50 bits per heavy atom. The van der Waals surface area contributed by atoms with Gasteiger partial charge in [0.15, 0.2) is 0 Å². The first-order valence-electron chi connectivity index (χ1n) is 6.77. The Morgan fingerprint density at radius 2 is 1.80 bits per heavy atom. The van der Waals surface area contributed by atoms with Gasteiger partial charge in [-0.2, -0.15) is 0 Å². The number of hydrogen-bond donors (Lipinski definition) is 0. The lowest BCUT2D eigenvalue weighted by atomic mass is 10.0. The third-order valence-corrected chi connectivity index (χ3v) is 3.59. The summed E-state index contributed by atoms with van der Waals surface area (Å²) < 4.78 is 11.1. The molecule has 0 N–H and O–H groups in total. The summed E-state index contributed by atoms with van der Waals surface area (Å²) in [6.07, 6.45) is 0.0686. The maximum atomic E-state index is 5.94. The van der Waals surface area contributed by atoms with Crippen molar-refractivity contribution in [2.45, 2.75) is 33.2 Å². The molecule has 0 aliphatic rings. The van der Waals surface area contributed by atoms with Gasteiger partial charge in [0, 0.05) is 9.47 Å². The first-order chi connectivity index (χ1) is 9.70. The third kappa shape index (κ3) is 4.14. The van der Waals surface area contributed by atoms with Gasteiger partial charge in [-0.3, -0.25) is 0 Å². The Bertz CT molecular complexity index is 540. The normalized spacial score (nSPS) is 12.3. The van der Waals surface area contributed by atoms with Gasteiger partial charge in [-0.05, 0) is 36.1 Å². The Labute approximate surface area is 123 Å². The molecule has 0 radical (unpaired) electrons. The topological polar surface area (TPSA) is 18.5 Å². The zero-order chi connectivity index (χ0) is 14.4. The van der Waals surface area contributed by atoms with Crippen molar-refractivity contribution in [1.29, 1.82) is 0 Å². The Morgan fingerprint density at radius 1 is 1.05 bits per heavy atom. The molecule has 0 aromatic heterocycles. The molecule has 2 atom stereocenters. The van der Waals surface area contributed by atoms with E-state index in [1.54, 1.807) is 0 Å². The van der Waals surface area contributed by atoms with Crippen molar-refractivity contribution in [3.8, 4) is 0 Å². The molecule has 2 aromatic carbocycles. The fraction of sp³-hybridized carbons (Fsp3) is 0.294. The maximum absolute atomic E-state index is 5.94. The van der Waals surface area contributed by atoms with Gasteiger partial charge < -0.3 is 9.26 Å². The molecule has 0 fully saturated rings. The lowest BCUT2D eigenvalue weighted by Crippen LogP contribution is -2.02. The van der Waals surface area contributed by atoms with E-state index in [-0.39, 0.29) is 6.10 Å². The molecule has 2 rings (SSSR count). The minimum Gasteiger partial charge on any atom is -0.369 e. The van der Waals surface area contributed by atoms with Gasteiger partial charge in [0.05, 0.1) is 19.3 Å². The monoisotopic (exact) mass is 288 g/mol. The van der Waals surface area contributed by atoms with Crippen LogP contribution in [0.5, 0.6) is 0 Å². The molecule has 3 heteroatoms. The predicted molar refractivity (Wildman–Crippen MR) is 85.3 cm³/mol. The SMILES string of the molecule is Cc1ccc(C(C)OCc2ccccc2)cc1COP. The van der Waals surface area contributed by atoms with Crippen molar-refractivity contribution in [2.75, 3.05) is 0 Å². The van der Waals surface area contributed by atoms with Crippen LogP contribution in [-0.2, 0) is 22.5 Å². The van der Waals surface area contributed by atoms with Crippen molar-refractivity contribution < 1.29 is 9.26 Å². The van der Waals surface area contributed by atoms with Crippen molar-refractivity contribution >= 4 is 9.47 Å². The molecule has 0 aliphatic carbocycles. The zero-order valence-corrected chi connectivity index (χ0v) is 13.2. The minimum atomic E-state index is 0.0686. The van der Waals surface area contributed by atoms with E-state index < -0.39 is 0 Å². The number of rotatable bonds is 6. The smallest absolute Gasteiger partial charge is 0.0801 e. The molecule has 20 heavy (non-hydrogen) atoms. The summed E-state index contributed by atoms with van der Waals surface area (Å²) >= 11 is 0. The third-order valence-electron chi connectivity index (χ3n) is 3.42. The van der Waals surface area contributed by atoms with E-state index in [1.807, 2.05) is 18.2 Å². The average molecular weight is 288 g/mol. The molecule has 0 amide bonds. The maximum Gasteiger partial charge on any atom is 0.0801 e. The highest BCUT2D eigenvalue weighted by molar-refractivity contribution is 7.09. The van der Waals surface area contributed by atoms with Crippen molar-refractivity contribution in [3.63, 3.8) is 0 Å². The van der Waals surface area contributed by atoms with Gasteiger partial charge >= 0.3 is 0 Å². The fourth-order valence-electron chi connectivity index (χ4n) is 2.08. The molecule has 0 saturated carbocycles. The zero-order valence-electron chi connectivity index (χ0n) is 12.0. The number of ether oxygens (including phenoxy) is 1. The first-order valence-corrected chi connectivity index (χ1v) is 7.24. The molecular formula is C17H21O2P. The molecule has 2 unspecified atom stereocenters. The summed E-state index contributed by atoms with van der Waals surface area (Å²) in [6.45, 7) is 5.42. The quantitative estimate of drug-likeness (QED) is 0.724. The van der Waals surface area contributed by atoms with Crippen LogP contribution in [0, 0.1) is 6.92 Å². The van der Waals surface area contributed by atoms with Crippen LogP contribution in [0.4, 0.5) is 0 Å². The summed E-state index contributed by atoms with van der Waals surface area (Å²) in [7, 11) is 2.30. The second kappa shape index (κ2) is 7.54. The molecule has 0 aliphatic heterocycles. The van der Waals surface area contributed by atoms with Gasteiger partial charge in [0.1, 0.15) is 0 Å². The summed E-state index contributed by atoms with van der Waals surface area (Å²) in [4.78, 5) is 0. The standard InChI is InChI=1S/C17H21O2P/c1-13-8-9-16(10-17(13)12-19-20)14(2)18-11-15-6-4-3-5-7-15/h3-10,14H,11-12,20H2,1-2H3. The average Bonchev–Trinajstić information content (AvgIpc) is 2.48. The Hall–Kier alpha value is -1.21. The van der Waals surface area contributed by atoms with Crippen LogP contribution in [0.15, 0.2) is 48.5 Å². The number of benzene rings is 2. The van der Waals surface area contributed by atoms with Crippen LogP contribution in [0.2, 0.25) is 0 Å². The Kier molecular flexibility index (Phi) is 5.72. The largest absolute Gasteiger partial charge is 0.369 e. The summed E-state index contributed by atoms with van der Waals surface area (Å²) in [5.41, 5.74) is 4.82. The van der Waals surface area contributed by atoms with Crippen LogP contribution in [0.3, 0.4) is 0 Å². The highest BCUT2D eigenvalue weighted by Crippen LogP contribution is 2.22. The van der Waals surface area contributed by atoms with E-state index in [2.05, 4.69) is 53.6 Å². The first kappa shape index (κ1) is 15.2. The highest BCUT2D eigenvalue weighted by Gasteiger charge is 2.08. The molecule has 2 nitrogen and oxygen atoms in total. The minimum absolute atomic E-state index is 0.0686. The van der Waals surface area contributed by atoms with Crippen LogP contribution >= 0.6 is 9.47 Å². The predicted octanol–water partition coefficient (Wildman–Crippen LogP) is 4.58. The van der Waals surface area contributed by atoms with E-state index >= 15 is 0 Å². The van der Waals surface area contributed by atoms with Crippen LogP contribution in [-0.4, -0.2) is 0 Å². The lowest BCUT2D eigenvalue weighted by Gasteiger charge is -2.16. The summed E-state index contributed by atoms with van der Waals surface area (Å²) in [6, 6.07) is 16.6. The summed E-state index contributed by atoms with van der Waals surface area (Å²) in [5.74, 6) is 0. The van der Waals surface area contributed by atoms with Gasteiger partial charge in [-0.1, -0.05) is 48.5 Å². The fourth-order valence-corrected chi connectivity index (χ4v) is 2.26. The van der Waals surface area contributed by atoms with Crippen LogP contribution < -0.4 is 0 Å². The number of aryl methyl sites for hydroxylation is 1. The van der Waals surface area contributed by atoms with Crippen molar-refractivity contribution in [1.82, 2.24) is 0 Å². The molecule has 0 saturated heterocycles. The Balaban J connectivity index is 2.01. The van der Waals surface area contributed by atoms with E-state index in [4.69, 9.17) is 9.26 Å². The van der Waals surface area contributed by atoms with E-state index in [0.29, 0.717) is 13.2 Å². The second-order valence-corrected chi connectivity index (χ2v) is 5.27. The van der Waals surface area contributed by atoms with Crippen molar-refractivity contribution in [2.24, 2.45) is 0 Å². The second-order valence-electron chi connectivity index (χ2n) is 4.94. The molecule has 106 valence electrons. The van der Waals surface area contributed by atoms with Crippen LogP contribution in [0.25, 0.3) is 0 Å². The molecule has 2 aromatic rings. The van der Waals surface area contributed by atoms with Crippen molar-refractivity contribution in [3.05, 3.63) is 70.8 Å². The van der Waals surface area contributed by atoms with Gasteiger partial charge in [-0.25, -0.2) is 0 Å². The number of hydrogen-bond acceptors (Lipinski definition) is 2. The summed E-state index contributed by atoms with van der Waals surface area (Å²) in [5, 5.41) is 0. The van der Waals surface area contributed by atoms with Crippen LogP contribution in [0.1, 0.15) is 35.3 Å². The van der Waals surface area contributed by atoms with E-state index in [1.165, 1.54) is 22.3 Å². The van der Waals surface area contributed by atoms with Gasteiger partial charge in [0.2, 0.25) is 0 Å². The molecular weight excluding hydrogens is 267 g/mol.